The van der Waals surface area contributed by atoms with Gasteiger partial charge in [0, 0.05) is 18.6 Å². The van der Waals surface area contributed by atoms with Gasteiger partial charge in [0.1, 0.15) is 0 Å². The Morgan fingerprint density at radius 2 is 2.43 bits per heavy atom. The molecule has 2 rings (SSSR count). The number of nitrogens with one attached hydrogen (secondary N) is 1. The zero-order valence-corrected chi connectivity index (χ0v) is 9.17. The Bertz CT molecular complexity index is 169. The maximum atomic E-state index is 5.44. The summed E-state index contributed by atoms with van der Waals surface area (Å²) in [5.41, 5.74) is 0. The van der Waals surface area contributed by atoms with Gasteiger partial charge in [-0.2, -0.15) is 0 Å². The second-order valence-electron chi connectivity index (χ2n) is 4.54. The number of likely N-dealkylation sites (tertiary alicyclic amines) is 1. The van der Waals surface area contributed by atoms with E-state index in [1.807, 2.05) is 0 Å². The van der Waals surface area contributed by atoms with Gasteiger partial charge in [-0.25, -0.2) is 0 Å². The van der Waals surface area contributed by atoms with Gasteiger partial charge in [0.25, 0.3) is 0 Å². The highest BCUT2D eigenvalue weighted by molar-refractivity contribution is 4.78. The Labute approximate surface area is 86.8 Å². The molecule has 0 aliphatic carbocycles. The van der Waals surface area contributed by atoms with E-state index >= 15 is 0 Å². The lowest BCUT2D eigenvalue weighted by Crippen LogP contribution is -2.43. The molecule has 1 N–H and O–H groups in total. The quantitative estimate of drug-likeness (QED) is 0.727. The molecule has 0 bridgehead atoms. The van der Waals surface area contributed by atoms with E-state index in [2.05, 4.69) is 17.1 Å². The van der Waals surface area contributed by atoms with E-state index in [9.17, 15) is 0 Å². The topological polar surface area (TPSA) is 24.5 Å². The summed E-state index contributed by atoms with van der Waals surface area (Å²) in [7, 11) is 0. The molecule has 14 heavy (non-hydrogen) atoms. The van der Waals surface area contributed by atoms with Crippen LogP contribution in [0.15, 0.2) is 0 Å². The highest BCUT2D eigenvalue weighted by Gasteiger charge is 2.21. The van der Waals surface area contributed by atoms with Crippen LogP contribution >= 0.6 is 0 Å². The molecule has 0 aromatic rings. The van der Waals surface area contributed by atoms with Crippen LogP contribution in [-0.4, -0.2) is 49.8 Å². The van der Waals surface area contributed by atoms with Gasteiger partial charge < -0.3 is 15.0 Å². The third-order valence-corrected chi connectivity index (χ3v) is 3.45. The fourth-order valence-corrected chi connectivity index (χ4v) is 2.45. The smallest absolute Gasteiger partial charge is 0.0620 e. The van der Waals surface area contributed by atoms with Gasteiger partial charge >= 0.3 is 0 Å². The van der Waals surface area contributed by atoms with E-state index in [0.29, 0.717) is 6.04 Å². The first kappa shape index (κ1) is 10.4. The lowest BCUT2D eigenvalue weighted by Gasteiger charge is -2.27. The standard InChI is InChI=1S/C11H22N2O/c1-10-3-2-6-13(10)7-4-11-9-14-8-5-12-11/h10-12H,2-9H2,1H3. The lowest BCUT2D eigenvalue weighted by molar-refractivity contribution is 0.0696. The van der Waals surface area contributed by atoms with Crippen molar-refractivity contribution in [3.05, 3.63) is 0 Å². The van der Waals surface area contributed by atoms with Crippen LogP contribution in [-0.2, 0) is 4.74 Å². The molecule has 2 aliphatic rings. The maximum absolute atomic E-state index is 5.44. The summed E-state index contributed by atoms with van der Waals surface area (Å²) in [6.45, 7) is 7.70. The van der Waals surface area contributed by atoms with Gasteiger partial charge in [0.2, 0.25) is 0 Å². The normalized spacial score (nSPS) is 34.9. The van der Waals surface area contributed by atoms with Crippen LogP contribution in [0.3, 0.4) is 0 Å². The van der Waals surface area contributed by atoms with Crippen molar-refractivity contribution in [1.82, 2.24) is 10.2 Å². The zero-order chi connectivity index (χ0) is 9.80. The maximum Gasteiger partial charge on any atom is 0.0620 e. The van der Waals surface area contributed by atoms with Crippen molar-refractivity contribution in [2.75, 3.05) is 32.8 Å². The molecule has 82 valence electrons. The molecule has 2 aliphatic heterocycles. The van der Waals surface area contributed by atoms with E-state index in [4.69, 9.17) is 4.74 Å². The van der Waals surface area contributed by atoms with Gasteiger partial charge in [-0.05, 0) is 39.3 Å². The monoisotopic (exact) mass is 198 g/mol. The van der Waals surface area contributed by atoms with E-state index in [0.717, 1.165) is 25.8 Å². The van der Waals surface area contributed by atoms with Crippen molar-refractivity contribution >= 4 is 0 Å². The third-order valence-electron chi connectivity index (χ3n) is 3.45. The van der Waals surface area contributed by atoms with E-state index < -0.39 is 0 Å². The minimum absolute atomic E-state index is 0.594. The summed E-state index contributed by atoms with van der Waals surface area (Å²) in [5.74, 6) is 0. The Hall–Kier alpha value is -0.120. The molecular weight excluding hydrogens is 176 g/mol. The second kappa shape index (κ2) is 5.10. The molecule has 3 heteroatoms. The Kier molecular flexibility index (Phi) is 3.79. The summed E-state index contributed by atoms with van der Waals surface area (Å²) in [5, 5.41) is 3.51. The van der Waals surface area contributed by atoms with Gasteiger partial charge in [-0.1, -0.05) is 0 Å². The fraction of sp³-hybridized carbons (Fsp3) is 1.00. The molecular formula is C11H22N2O. The molecule has 3 nitrogen and oxygen atoms in total. The largest absolute Gasteiger partial charge is 0.379 e. The molecule has 0 amide bonds. The Balaban J connectivity index is 1.65. The summed E-state index contributed by atoms with van der Waals surface area (Å²) in [6, 6.07) is 1.40. The van der Waals surface area contributed by atoms with Gasteiger partial charge in [-0.3, -0.25) is 0 Å². The average molecular weight is 198 g/mol. The number of hydrogen-bond acceptors (Lipinski definition) is 3. The summed E-state index contributed by atoms with van der Waals surface area (Å²) in [6.07, 6.45) is 4.01. The van der Waals surface area contributed by atoms with Crippen LogP contribution in [0.5, 0.6) is 0 Å². The van der Waals surface area contributed by atoms with E-state index in [-0.39, 0.29) is 0 Å². The summed E-state index contributed by atoms with van der Waals surface area (Å²) in [4.78, 5) is 2.61. The van der Waals surface area contributed by atoms with Crippen molar-refractivity contribution in [3.8, 4) is 0 Å². The highest BCUT2D eigenvalue weighted by Crippen LogP contribution is 2.16. The number of ether oxygens (including phenoxy) is 1. The molecule has 0 spiro atoms. The molecule has 2 fully saturated rings. The van der Waals surface area contributed by atoms with Gasteiger partial charge in [0.05, 0.1) is 13.2 Å². The zero-order valence-electron chi connectivity index (χ0n) is 9.17. The number of rotatable bonds is 3. The number of nitrogens with zero attached hydrogens (tertiary/aromatic N) is 1. The molecule has 0 aromatic carbocycles. The minimum Gasteiger partial charge on any atom is -0.379 e. The van der Waals surface area contributed by atoms with Gasteiger partial charge in [-0.15, -0.1) is 0 Å². The molecule has 0 aromatic heterocycles. The first-order valence-electron chi connectivity index (χ1n) is 5.91. The lowest BCUT2D eigenvalue weighted by atomic mass is 10.2. The predicted molar refractivity (Wildman–Crippen MR) is 57.5 cm³/mol. The van der Waals surface area contributed by atoms with Crippen molar-refractivity contribution in [2.45, 2.75) is 38.3 Å². The van der Waals surface area contributed by atoms with Crippen molar-refractivity contribution in [3.63, 3.8) is 0 Å². The molecule has 2 heterocycles. The van der Waals surface area contributed by atoms with Crippen LogP contribution in [0.1, 0.15) is 26.2 Å². The van der Waals surface area contributed by atoms with E-state index in [1.54, 1.807) is 0 Å². The molecule has 2 unspecified atom stereocenters. The first-order valence-corrected chi connectivity index (χ1v) is 5.91. The number of hydrogen-bond donors (Lipinski definition) is 1. The van der Waals surface area contributed by atoms with Crippen LogP contribution in [0, 0.1) is 0 Å². The second-order valence-corrected chi connectivity index (χ2v) is 4.54. The van der Waals surface area contributed by atoms with Crippen LogP contribution in [0.2, 0.25) is 0 Å². The average Bonchev–Trinajstić information content (AvgIpc) is 2.63. The number of morpholine rings is 1. The minimum atomic E-state index is 0.594. The first-order chi connectivity index (χ1) is 6.86. The van der Waals surface area contributed by atoms with E-state index in [1.165, 1.54) is 32.4 Å². The Morgan fingerprint density at radius 3 is 3.07 bits per heavy atom. The molecule has 2 saturated heterocycles. The fourth-order valence-electron chi connectivity index (χ4n) is 2.45. The highest BCUT2D eigenvalue weighted by atomic mass is 16.5. The summed E-state index contributed by atoms with van der Waals surface area (Å²) >= 11 is 0. The summed E-state index contributed by atoms with van der Waals surface area (Å²) < 4.78 is 5.44. The van der Waals surface area contributed by atoms with Crippen molar-refractivity contribution in [2.24, 2.45) is 0 Å². The van der Waals surface area contributed by atoms with Crippen LogP contribution < -0.4 is 5.32 Å². The molecule has 0 saturated carbocycles. The molecule has 0 radical (unpaired) electrons. The van der Waals surface area contributed by atoms with Crippen LogP contribution in [0.25, 0.3) is 0 Å². The third kappa shape index (κ3) is 2.69. The SMILES string of the molecule is CC1CCCN1CCC1COCCN1. The van der Waals surface area contributed by atoms with Crippen LogP contribution in [0.4, 0.5) is 0 Å². The van der Waals surface area contributed by atoms with Gasteiger partial charge in [0.15, 0.2) is 0 Å². The van der Waals surface area contributed by atoms with Crippen molar-refractivity contribution in [1.29, 1.82) is 0 Å². The van der Waals surface area contributed by atoms with Crippen molar-refractivity contribution < 1.29 is 4.74 Å². The predicted octanol–water partition coefficient (Wildman–Crippen LogP) is 0.849. The molecule has 2 atom stereocenters. The Morgan fingerprint density at radius 1 is 1.50 bits per heavy atom.